The number of carboxylic acid groups (broad SMARTS) is 2. The molecule has 186 valence electrons. The molecule has 0 unspecified atom stereocenters. The Bertz CT molecular complexity index is 1130. The van der Waals surface area contributed by atoms with Crippen LogP contribution in [0.3, 0.4) is 0 Å². The first kappa shape index (κ1) is 25.7. The molecule has 1 aliphatic heterocycles. The average molecular weight is 492 g/mol. The predicted octanol–water partition coefficient (Wildman–Crippen LogP) is 2.20. The Kier molecular flexibility index (Phi) is 8.07. The lowest BCUT2D eigenvalue weighted by Crippen LogP contribution is -2.48. The maximum absolute atomic E-state index is 12.9. The molecule has 0 radical (unpaired) electrons. The van der Waals surface area contributed by atoms with Crippen LogP contribution >= 0.6 is 0 Å². The number of halogens is 3. The normalized spacial score (nSPS) is 15.1. The summed E-state index contributed by atoms with van der Waals surface area (Å²) in [5, 5.41) is 21.0. The van der Waals surface area contributed by atoms with Gasteiger partial charge in [-0.25, -0.2) is 14.6 Å². The number of nitrogens with zero attached hydrogens (tertiary/aromatic N) is 3. The third kappa shape index (κ3) is 6.79. The van der Waals surface area contributed by atoms with Crippen molar-refractivity contribution in [1.29, 1.82) is 0 Å². The first-order valence-corrected chi connectivity index (χ1v) is 10.6. The van der Waals surface area contributed by atoms with Gasteiger partial charge in [0, 0.05) is 56.5 Å². The minimum absolute atomic E-state index is 0.0119. The third-order valence-electron chi connectivity index (χ3n) is 5.39. The Balaban J connectivity index is 1.55. The smallest absolute Gasteiger partial charge is 0.433 e. The van der Waals surface area contributed by atoms with Gasteiger partial charge in [-0.1, -0.05) is 24.3 Å². The molecular weight excluding hydrogens is 469 g/mol. The van der Waals surface area contributed by atoms with Crippen LogP contribution in [0.4, 0.5) is 19.0 Å². The fourth-order valence-corrected chi connectivity index (χ4v) is 3.67. The molecule has 1 aliphatic rings. The number of alkyl halides is 3. The summed E-state index contributed by atoms with van der Waals surface area (Å²) in [4.78, 5) is 42.6. The second kappa shape index (κ2) is 11.0. The molecule has 0 aliphatic carbocycles. The highest BCUT2D eigenvalue weighted by Crippen LogP contribution is 2.29. The van der Waals surface area contributed by atoms with Gasteiger partial charge in [-0.2, -0.15) is 13.2 Å². The van der Waals surface area contributed by atoms with Gasteiger partial charge in [0.15, 0.2) is 0 Å². The fourth-order valence-electron chi connectivity index (χ4n) is 3.67. The number of anilines is 1. The van der Waals surface area contributed by atoms with Crippen molar-refractivity contribution in [2.75, 3.05) is 44.2 Å². The molecular formula is C23H23F3N4O5. The number of piperazine rings is 1. The summed E-state index contributed by atoms with van der Waals surface area (Å²) >= 11 is 0. The van der Waals surface area contributed by atoms with E-state index in [2.05, 4.69) is 10.3 Å². The van der Waals surface area contributed by atoms with E-state index in [1.165, 1.54) is 30.3 Å². The number of benzene rings is 1. The summed E-state index contributed by atoms with van der Waals surface area (Å²) < 4.78 is 38.7. The molecule has 1 aromatic heterocycles. The number of aromatic nitrogens is 1. The molecule has 1 fully saturated rings. The lowest BCUT2D eigenvalue weighted by Gasteiger charge is -2.35. The first-order valence-electron chi connectivity index (χ1n) is 10.6. The molecule has 35 heavy (non-hydrogen) atoms. The second-order valence-corrected chi connectivity index (χ2v) is 7.71. The van der Waals surface area contributed by atoms with E-state index in [1.807, 2.05) is 4.90 Å². The van der Waals surface area contributed by atoms with Crippen molar-refractivity contribution in [3.05, 3.63) is 65.4 Å². The van der Waals surface area contributed by atoms with Gasteiger partial charge >= 0.3 is 18.1 Å². The number of carboxylic acids is 2. The van der Waals surface area contributed by atoms with Gasteiger partial charge in [-0.3, -0.25) is 9.69 Å². The van der Waals surface area contributed by atoms with Crippen LogP contribution in [0.25, 0.3) is 5.57 Å². The van der Waals surface area contributed by atoms with Crippen molar-refractivity contribution in [3.8, 4) is 0 Å². The zero-order chi connectivity index (χ0) is 25.6. The minimum Gasteiger partial charge on any atom is -0.478 e. The van der Waals surface area contributed by atoms with E-state index in [1.54, 1.807) is 11.0 Å². The number of aliphatic carboxylic acids is 2. The highest BCUT2D eigenvalue weighted by molar-refractivity contribution is 6.21. The van der Waals surface area contributed by atoms with E-state index < -0.39 is 35.3 Å². The number of amides is 1. The van der Waals surface area contributed by atoms with E-state index in [-0.39, 0.29) is 23.5 Å². The van der Waals surface area contributed by atoms with Crippen LogP contribution < -0.4 is 10.2 Å². The summed E-state index contributed by atoms with van der Waals surface area (Å²) in [5.41, 5.74) is -1.43. The standard InChI is InChI=1S/C23H23F3N4O5/c24-23(25,26)18-6-3-7-19(28-18)30-12-10-29(11-13-30)9-8-27-21(33)16-5-2-1-4-15(16)17(22(34)35)14-20(31)32/h1-7,14H,8-13H2,(H,27,33)(H,31,32)(H,34,35). The fraction of sp³-hybridized carbons (Fsp3) is 0.304. The van der Waals surface area contributed by atoms with Crippen LogP contribution in [0.1, 0.15) is 21.6 Å². The summed E-state index contributed by atoms with van der Waals surface area (Å²) in [6.07, 6.45) is -3.98. The molecule has 1 saturated heterocycles. The Morgan fingerprint density at radius 1 is 0.971 bits per heavy atom. The van der Waals surface area contributed by atoms with Gasteiger partial charge in [0.1, 0.15) is 11.5 Å². The number of hydrogen-bond donors (Lipinski definition) is 3. The lowest BCUT2D eigenvalue weighted by atomic mass is 9.98. The van der Waals surface area contributed by atoms with Crippen molar-refractivity contribution in [2.45, 2.75) is 6.18 Å². The van der Waals surface area contributed by atoms with E-state index in [0.717, 1.165) is 6.07 Å². The number of pyridine rings is 1. The highest BCUT2D eigenvalue weighted by Gasteiger charge is 2.33. The quantitative estimate of drug-likeness (QED) is 0.480. The number of hydrogen-bond acceptors (Lipinski definition) is 6. The molecule has 2 aromatic rings. The Morgan fingerprint density at radius 3 is 2.23 bits per heavy atom. The first-order chi connectivity index (χ1) is 16.6. The van der Waals surface area contributed by atoms with E-state index in [9.17, 15) is 32.7 Å². The number of carbonyl (C=O) groups is 3. The van der Waals surface area contributed by atoms with E-state index >= 15 is 0 Å². The largest absolute Gasteiger partial charge is 0.478 e. The van der Waals surface area contributed by atoms with Crippen molar-refractivity contribution >= 4 is 29.2 Å². The average Bonchev–Trinajstić information content (AvgIpc) is 2.82. The monoisotopic (exact) mass is 492 g/mol. The maximum atomic E-state index is 12.9. The van der Waals surface area contributed by atoms with Crippen LogP contribution in [0.5, 0.6) is 0 Å². The zero-order valence-corrected chi connectivity index (χ0v) is 18.5. The van der Waals surface area contributed by atoms with Crippen LogP contribution in [0.15, 0.2) is 48.5 Å². The molecule has 1 aromatic carbocycles. The minimum atomic E-state index is -4.51. The van der Waals surface area contributed by atoms with Gasteiger partial charge in [-0.05, 0) is 18.2 Å². The molecule has 0 bridgehead atoms. The van der Waals surface area contributed by atoms with Gasteiger partial charge in [0.2, 0.25) is 0 Å². The molecule has 0 atom stereocenters. The summed E-state index contributed by atoms with van der Waals surface area (Å²) in [5.74, 6) is -3.21. The Morgan fingerprint density at radius 2 is 1.63 bits per heavy atom. The zero-order valence-electron chi connectivity index (χ0n) is 18.5. The Hall–Kier alpha value is -3.93. The molecule has 12 heteroatoms. The predicted molar refractivity (Wildman–Crippen MR) is 120 cm³/mol. The van der Waals surface area contributed by atoms with Crippen LogP contribution in [0, 0.1) is 0 Å². The molecule has 3 N–H and O–H groups in total. The van der Waals surface area contributed by atoms with Crippen molar-refractivity contribution in [3.63, 3.8) is 0 Å². The number of rotatable bonds is 8. The van der Waals surface area contributed by atoms with Crippen LogP contribution in [0.2, 0.25) is 0 Å². The van der Waals surface area contributed by atoms with Gasteiger partial charge in [0.25, 0.3) is 5.91 Å². The molecule has 3 rings (SSSR count). The molecule has 0 spiro atoms. The second-order valence-electron chi connectivity index (χ2n) is 7.71. The number of nitrogens with one attached hydrogen (secondary N) is 1. The SMILES string of the molecule is O=C(O)C=C(C(=O)O)c1ccccc1C(=O)NCCN1CCN(c2cccc(C(F)(F)F)n2)CC1. The molecule has 9 nitrogen and oxygen atoms in total. The topological polar surface area (TPSA) is 123 Å². The van der Waals surface area contributed by atoms with E-state index in [4.69, 9.17) is 5.11 Å². The summed E-state index contributed by atoms with van der Waals surface area (Å²) in [7, 11) is 0. The maximum Gasteiger partial charge on any atom is 0.433 e. The summed E-state index contributed by atoms with van der Waals surface area (Å²) in [6, 6.07) is 9.60. The number of carbonyl (C=O) groups excluding carboxylic acids is 1. The van der Waals surface area contributed by atoms with Crippen molar-refractivity contribution in [2.24, 2.45) is 0 Å². The highest BCUT2D eigenvalue weighted by atomic mass is 19.4. The van der Waals surface area contributed by atoms with Crippen LogP contribution in [-0.4, -0.2) is 77.2 Å². The molecule has 0 saturated carbocycles. The van der Waals surface area contributed by atoms with Crippen LogP contribution in [-0.2, 0) is 15.8 Å². The van der Waals surface area contributed by atoms with E-state index in [0.29, 0.717) is 38.8 Å². The van der Waals surface area contributed by atoms with Crippen molar-refractivity contribution in [1.82, 2.24) is 15.2 Å². The Labute approximate surface area is 198 Å². The van der Waals surface area contributed by atoms with Crippen molar-refractivity contribution < 1.29 is 37.8 Å². The molecule has 1 amide bonds. The van der Waals surface area contributed by atoms with Gasteiger partial charge in [0.05, 0.1) is 5.57 Å². The molecule has 2 heterocycles. The lowest BCUT2D eigenvalue weighted by molar-refractivity contribution is -0.141. The van der Waals surface area contributed by atoms with Gasteiger partial charge in [-0.15, -0.1) is 0 Å². The third-order valence-corrected chi connectivity index (χ3v) is 5.39. The summed E-state index contributed by atoms with van der Waals surface area (Å²) in [6.45, 7) is 2.73. The van der Waals surface area contributed by atoms with Gasteiger partial charge < -0.3 is 20.4 Å².